The molecule has 2 rings (SSSR count). The van der Waals surface area contributed by atoms with E-state index in [1.807, 2.05) is 0 Å². The van der Waals surface area contributed by atoms with Crippen molar-refractivity contribution in [2.24, 2.45) is 0 Å². The Labute approximate surface area is 197 Å². The zero-order valence-electron chi connectivity index (χ0n) is 18.2. The summed E-state index contributed by atoms with van der Waals surface area (Å²) in [7, 11) is 0. The number of halogens is 10. The maximum atomic E-state index is 15.0. The Morgan fingerprint density at radius 1 is 0.618 bits per heavy atom. The van der Waals surface area contributed by atoms with E-state index in [1.165, 1.54) is 60.7 Å². The van der Waals surface area contributed by atoms with E-state index in [9.17, 15) is 26.3 Å². The molecule has 0 amide bonds. The molecule has 0 N–H and O–H groups in total. The van der Waals surface area contributed by atoms with E-state index in [1.54, 1.807) is 0 Å². The van der Waals surface area contributed by atoms with Crippen LogP contribution in [-0.2, 0) is 8.68 Å². The van der Waals surface area contributed by atoms with Crippen molar-refractivity contribution in [3.8, 4) is 0 Å². The molecule has 0 bridgehead atoms. The molecule has 0 heterocycles. The van der Waals surface area contributed by atoms with Crippen LogP contribution >= 0.6 is 0 Å². The molecule has 34 heavy (non-hydrogen) atoms. The van der Waals surface area contributed by atoms with Crippen LogP contribution in [0, 0.1) is 0 Å². The summed E-state index contributed by atoms with van der Waals surface area (Å²) in [6.45, 7) is 0.943. The minimum absolute atomic E-state index is 0.0154. The zero-order chi connectivity index (χ0) is 26.2. The summed E-state index contributed by atoms with van der Waals surface area (Å²) < 4.78 is 137. The molecule has 190 valence electrons. The average Bonchev–Trinajstić information content (AvgIpc) is 2.77. The topological polar surface area (TPSA) is 9.23 Å². The molecule has 2 aromatic carbocycles. The number of hydrogen-bond acceptors (Lipinski definition) is 1. The van der Waals surface area contributed by atoms with Gasteiger partial charge in [-0.05, 0) is 0 Å². The van der Waals surface area contributed by atoms with Gasteiger partial charge in [-0.2, -0.15) is 0 Å². The van der Waals surface area contributed by atoms with Gasteiger partial charge >= 0.3 is 197 Å². The number of rotatable bonds is 10. The quantitative estimate of drug-likeness (QED) is 0.207. The Hall–Kier alpha value is -1.50. The van der Waals surface area contributed by atoms with Crippen LogP contribution in [0.25, 0.3) is 0 Å². The summed E-state index contributed by atoms with van der Waals surface area (Å²) in [5.41, 5.74) is -2.54. The Bertz CT molecular complexity index is 864. The van der Waals surface area contributed by atoms with Crippen LogP contribution in [0.3, 0.4) is 0 Å². The van der Waals surface area contributed by atoms with E-state index in [-0.39, 0.29) is 25.0 Å². The van der Waals surface area contributed by atoms with Gasteiger partial charge in [0.25, 0.3) is 0 Å². The summed E-state index contributed by atoms with van der Waals surface area (Å²) in [5.74, 6) is -11.6. The Kier molecular flexibility index (Phi) is 8.34. The molecule has 0 aromatic heterocycles. The van der Waals surface area contributed by atoms with Crippen molar-refractivity contribution < 1.29 is 47.0 Å². The molecule has 0 fully saturated rings. The van der Waals surface area contributed by atoms with Crippen LogP contribution in [0.2, 0.25) is 0 Å². The van der Waals surface area contributed by atoms with E-state index in [2.05, 4.69) is 0 Å². The van der Waals surface area contributed by atoms with E-state index >= 15 is 17.6 Å². The van der Waals surface area contributed by atoms with Gasteiger partial charge in [-0.15, -0.1) is 0 Å². The molecule has 0 aliphatic carbocycles. The third-order valence-electron chi connectivity index (χ3n) is 5.55. The van der Waals surface area contributed by atoms with Gasteiger partial charge in [0.1, 0.15) is 0 Å². The Morgan fingerprint density at radius 3 is 1.18 bits per heavy atom. The summed E-state index contributed by atoms with van der Waals surface area (Å²) in [5, 5.41) is 0. The average molecular weight is 611 g/mol. The monoisotopic (exact) mass is 612 g/mol. The second kappa shape index (κ2) is 9.86. The summed E-state index contributed by atoms with van der Waals surface area (Å²) >= 11 is -7.64. The Morgan fingerprint density at radius 2 is 0.912 bits per heavy atom. The van der Waals surface area contributed by atoms with Crippen molar-refractivity contribution in [1.29, 1.82) is 0 Å². The fraction of sp³-hybridized carbons (Fsp3) is 0.455. The molecule has 2 aromatic rings. The van der Waals surface area contributed by atoms with Crippen LogP contribution in [0.1, 0.15) is 31.9 Å². The van der Waals surface area contributed by atoms with Gasteiger partial charge in [-0.3, -0.25) is 0 Å². The van der Waals surface area contributed by atoms with E-state index in [0.29, 0.717) is 0 Å². The third kappa shape index (κ3) is 4.91. The van der Waals surface area contributed by atoms with Crippen molar-refractivity contribution in [2.45, 2.75) is 58.4 Å². The first-order valence-electron chi connectivity index (χ1n) is 10.0. The molecular weight excluding hydrogens is 589 g/mol. The standard InChI is InChI=1S/C14H13O.2C4H4F5.Sn.H/c1-14(15,12-8-4-2-5-9-12)13-10-6-3-7-11-13;2*1-2(5)4(8,9)3(6)7;;/h2-11H,1H3;2*2H,1H3;;/q-1;;;+1;. The van der Waals surface area contributed by atoms with Gasteiger partial charge < -0.3 is 0 Å². The molecule has 0 saturated heterocycles. The fourth-order valence-corrected chi connectivity index (χ4v) is 10.9. The molecule has 2 atom stereocenters. The van der Waals surface area contributed by atoms with Gasteiger partial charge in [0.05, 0.1) is 0 Å². The molecule has 2 unspecified atom stereocenters. The first kappa shape index (κ1) is 28.7. The number of hydrogen-bond donors (Lipinski definition) is 0. The third-order valence-corrected chi connectivity index (χ3v) is 13.5. The molecule has 12 heteroatoms. The van der Waals surface area contributed by atoms with Gasteiger partial charge in [-0.25, -0.2) is 0 Å². The second-order valence-corrected chi connectivity index (χ2v) is 15.0. The van der Waals surface area contributed by atoms with Crippen LogP contribution in [-0.4, -0.2) is 52.2 Å². The molecule has 0 saturated carbocycles. The molecule has 1 nitrogen and oxygen atoms in total. The predicted molar refractivity (Wildman–Crippen MR) is 109 cm³/mol. The van der Waals surface area contributed by atoms with Crippen molar-refractivity contribution >= 4 is 20.2 Å². The summed E-state index contributed by atoms with van der Waals surface area (Å²) in [6.07, 6.45) is -7.37. The van der Waals surface area contributed by atoms with Crippen LogP contribution in [0.5, 0.6) is 0 Å². The van der Waals surface area contributed by atoms with Crippen LogP contribution in [0.4, 0.5) is 43.9 Å². The first-order valence-corrected chi connectivity index (χ1v) is 14.7. The molecule has 0 spiro atoms. The normalized spacial score (nSPS) is 16.7. The predicted octanol–water partition coefficient (Wildman–Crippen LogP) is 7.03. The molecule has 0 aliphatic rings. The van der Waals surface area contributed by atoms with Crippen molar-refractivity contribution in [3.63, 3.8) is 0 Å². The van der Waals surface area contributed by atoms with Crippen molar-refractivity contribution in [2.75, 3.05) is 0 Å². The zero-order valence-corrected chi connectivity index (χ0v) is 21.5. The van der Waals surface area contributed by atoms with E-state index < -0.39 is 57.8 Å². The van der Waals surface area contributed by atoms with Gasteiger partial charge in [0.15, 0.2) is 0 Å². The van der Waals surface area contributed by atoms with Gasteiger partial charge in [-0.1, -0.05) is 0 Å². The Balaban J connectivity index is 2.83. The van der Waals surface area contributed by atoms with Crippen LogP contribution in [0.15, 0.2) is 60.7 Å². The van der Waals surface area contributed by atoms with Crippen molar-refractivity contribution in [3.05, 3.63) is 71.8 Å². The summed E-state index contributed by atoms with van der Waals surface area (Å²) in [6, 6.07) is 13.3. The maximum absolute atomic E-state index is 15.0. The first-order chi connectivity index (χ1) is 15.4. The fourth-order valence-electron chi connectivity index (χ4n) is 3.31. The van der Waals surface area contributed by atoms with E-state index in [4.69, 9.17) is 3.07 Å². The number of benzene rings is 2. The van der Waals surface area contributed by atoms with Gasteiger partial charge in [0.2, 0.25) is 0 Å². The molecular formula is C22H22F10OSn. The van der Waals surface area contributed by atoms with Crippen molar-refractivity contribution in [1.82, 2.24) is 0 Å². The minimum atomic E-state index is -7.64. The number of alkyl halides is 10. The van der Waals surface area contributed by atoms with E-state index in [0.717, 1.165) is 6.92 Å². The SMILES string of the molecule is CC(F)C(F)(F)[C](F)(F)[SnH]([O]C(C)(c1ccccc1)c1ccccc1)[C](F)(F)C(F)(F)C(C)F. The summed E-state index contributed by atoms with van der Waals surface area (Å²) in [4.78, 5) is 0. The molecule has 0 aliphatic heterocycles. The van der Waals surface area contributed by atoms with Crippen LogP contribution < -0.4 is 0 Å². The second-order valence-electron chi connectivity index (χ2n) is 7.99. The molecule has 0 radical (unpaired) electrons. The van der Waals surface area contributed by atoms with Gasteiger partial charge in [0, 0.05) is 0 Å².